The topological polar surface area (TPSA) is 29.1 Å². The first-order valence-corrected chi connectivity index (χ1v) is 4.57. The minimum atomic E-state index is 0. The first-order chi connectivity index (χ1) is 6.16. The van der Waals surface area contributed by atoms with Gasteiger partial charge in [-0.3, -0.25) is 4.79 Å². The number of hydrogen-bond donors (Lipinski definition) is 1. The molecule has 1 aromatic carbocycles. The zero-order chi connectivity index (χ0) is 9.42. The average Bonchev–Trinajstić information content (AvgIpc) is 2.06. The molecule has 2 rings (SSSR count). The first-order valence-electron chi connectivity index (χ1n) is 4.57. The van der Waals surface area contributed by atoms with Crippen LogP contribution >= 0.6 is 0 Å². The fourth-order valence-corrected chi connectivity index (χ4v) is 1.88. The lowest BCUT2D eigenvalue weighted by Gasteiger charge is -2.19. The molecule has 1 aliphatic heterocycles. The molecule has 0 spiro atoms. The summed E-state index contributed by atoms with van der Waals surface area (Å²) < 4.78 is 0. The number of fused-ring (bicyclic) bond motifs is 1. The third kappa shape index (κ3) is 1.44. The molecule has 2 heteroatoms. The zero-order valence-corrected chi connectivity index (χ0v) is 7.98. The van der Waals surface area contributed by atoms with Crippen LogP contribution in [0.3, 0.4) is 0 Å². The SMILES string of the molecule is Cc1cc(C)c2c(c1)CCC(=O)N2.[HH]. The second-order valence-electron chi connectivity index (χ2n) is 3.66. The Labute approximate surface area is 79.4 Å². The van der Waals surface area contributed by atoms with E-state index in [-0.39, 0.29) is 7.33 Å². The Morgan fingerprint density at radius 2 is 2.08 bits per heavy atom. The summed E-state index contributed by atoms with van der Waals surface area (Å²) in [5.74, 6) is 0.138. The van der Waals surface area contributed by atoms with Crippen molar-refractivity contribution in [3.63, 3.8) is 0 Å². The molecular formula is C11H15NO. The lowest BCUT2D eigenvalue weighted by Crippen LogP contribution is -2.19. The van der Waals surface area contributed by atoms with E-state index in [1.165, 1.54) is 16.7 Å². The smallest absolute Gasteiger partial charge is 0.224 e. The number of hydrogen-bond acceptors (Lipinski definition) is 1. The highest BCUT2D eigenvalue weighted by atomic mass is 16.1. The van der Waals surface area contributed by atoms with Gasteiger partial charge in [-0.1, -0.05) is 17.7 Å². The van der Waals surface area contributed by atoms with E-state index in [0.717, 1.165) is 12.1 Å². The van der Waals surface area contributed by atoms with Gasteiger partial charge >= 0.3 is 0 Å². The van der Waals surface area contributed by atoms with Crippen molar-refractivity contribution in [1.82, 2.24) is 0 Å². The summed E-state index contributed by atoms with van der Waals surface area (Å²) in [6.07, 6.45) is 1.50. The summed E-state index contributed by atoms with van der Waals surface area (Å²) in [6, 6.07) is 4.26. The van der Waals surface area contributed by atoms with Crippen LogP contribution in [0.1, 0.15) is 24.5 Å². The number of amides is 1. The molecule has 0 saturated carbocycles. The minimum absolute atomic E-state index is 0. The lowest BCUT2D eigenvalue weighted by atomic mass is 9.97. The Hall–Kier alpha value is -1.31. The van der Waals surface area contributed by atoms with Crippen LogP contribution in [0.4, 0.5) is 5.69 Å². The number of aryl methyl sites for hydroxylation is 3. The van der Waals surface area contributed by atoms with Gasteiger partial charge in [-0.2, -0.15) is 0 Å². The second kappa shape index (κ2) is 2.87. The quantitative estimate of drug-likeness (QED) is 0.648. The molecule has 70 valence electrons. The van der Waals surface area contributed by atoms with Crippen molar-refractivity contribution < 1.29 is 6.22 Å². The van der Waals surface area contributed by atoms with Crippen molar-refractivity contribution in [1.29, 1.82) is 0 Å². The second-order valence-corrected chi connectivity index (χ2v) is 3.66. The molecule has 1 amide bonds. The molecule has 0 radical (unpaired) electrons. The zero-order valence-electron chi connectivity index (χ0n) is 7.98. The molecule has 0 aromatic heterocycles. The number of carbonyl (C=O) groups is 1. The Kier molecular flexibility index (Phi) is 1.83. The highest BCUT2D eigenvalue weighted by Gasteiger charge is 2.16. The highest BCUT2D eigenvalue weighted by Crippen LogP contribution is 2.27. The highest BCUT2D eigenvalue weighted by molar-refractivity contribution is 5.94. The minimum Gasteiger partial charge on any atom is -0.326 e. The van der Waals surface area contributed by atoms with Crippen LogP contribution in [0.2, 0.25) is 0 Å². The predicted molar refractivity (Wildman–Crippen MR) is 55.0 cm³/mol. The lowest BCUT2D eigenvalue weighted by molar-refractivity contribution is -0.116. The van der Waals surface area contributed by atoms with Gasteiger partial charge in [0.25, 0.3) is 0 Å². The van der Waals surface area contributed by atoms with Gasteiger partial charge in [0.2, 0.25) is 5.91 Å². The number of nitrogens with one attached hydrogen (secondary N) is 1. The third-order valence-corrected chi connectivity index (χ3v) is 2.45. The summed E-state index contributed by atoms with van der Waals surface area (Å²) >= 11 is 0. The predicted octanol–water partition coefficient (Wildman–Crippen LogP) is 2.43. The molecule has 1 heterocycles. The molecule has 0 atom stereocenters. The van der Waals surface area contributed by atoms with E-state index >= 15 is 0 Å². The Morgan fingerprint density at radius 3 is 2.85 bits per heavy atom. The van der Waals surface area contributed by atoms with Crippen LogP contribution < -0.4 is 5.32 Å². The Balaban J connectivity index is 0.000000980. The molecular weight excluding hydrogens is 162 g/mol. The van der Waals surface area contributed by atoms with Crippen molar-refractivity contribution in [2.24, 2.45) is 0 Å². The number of rotatable bonds is 0. The fraction of sp³-hybridized carbons (Fsp3) is 0.364. The van der Waals surface area contributed by atoms with E-state index in [2.05, 4.69) is 24.4 Å². The molecule has 13 heavy (non-hydrogen) atoms. The maximum Gasteiger partial charge on any atom is 0.224 e. The normalized spacial score (nSPS) is 15.1. The summed E-state index contributed by atoms with van der Waals surface area (Å²) in [4.78, 5) is 11.2. The molecule has 0 fully saturated rings. The van der Waals surface area contributed by atoms with E-state index in [0.29, 0.717) is 6.42 Å². The molecule has 0 aliphatic carbocycles. The van der Waals surface area contributed by atoms with Gasteiger partial charge in [-0.25, -0.2) is 0 Å². The fourth-order valence-electron chi connectivity index (χ4n) is 1.88. The summed E-state index contributed by atoms with van der Waals surface area (Å²) in [5.41, 5.74) is 4.74. The van der Waals surface area contributed by atoms with Crippen LogP contribution in [0.5, 0.6) is 0 Å². The summed E-state index contributed by atoms with van der Waals surface area (Å²) in [6.45, 7) is 4.13. The third-order valence-electron chi connectivity index (χ3n) is 2.45. The maximum atomic E-state index is 11.2. The van der Waals surface area contributed by atoms with Crippen LogP contribution in [-0.4, -0.2) is 5.91 Å². The Morgan fingerprint density at radius 1 is 1.31 bits per heavy atom. The van der Waals surface area contributed by atoms with Gasteiger partial charge in [-0.05, 0) is 31.4 Å². The van der Waals surface area contributed by atoms with E-state index in [4.69, 9.17) is 0 Å². The van der Waals surface area contributed by atoms with Gasteiger partial charge in [-0.15, -0.1) is 0 Å². The van der Waals surface area contributed by atoms with Crippen LogP contribution in [0.25, 0.3) is 0 Å². The molecule has 1 aliphatic rings. The van der Waals surface area contributed by atoms with Gasteiger partial charge in [0.1, 0.15) is 0 Å². The molecule has 1 N–H and O–H groups in total. The van der Waals surface area contributed by atoms with Gasteiger partial charge in [0.05, 0.1) is 0 Å². The first kappa shape index (κ1) is 8.30. The van der Waals surface area contributed by atoms with E-state index in [9.17, 15) is 4.79 Å². The van der Waals surface area contributed by atoms with Gasteiger partial charge in [0, 0.05) is 13.5 Å². The molecule has 1 aromatic rings. The van der Waals surface area contributed by atoms with E-state index < -0.39 is 0 Å². The number of anilines is 1. The molecule has 2 nitrogen and oxygen atoms in total. The monoisotopic (exact) mass is 177 g/mol. The summed E-state index contributed by atoms with van der Waals surface area (Å²) in [5, 5.41) is 2.92. The van der Waals surface area contributed by atoms with Gasteiger partial charge in [0.15, 0.2) is 0 Å². The van der Waals surface area contributed by atoms with E-state index in [1.807, 2.05) is 6.92 Å². The Bertz CT molecular complexity index is 374. The average molecular weight is 177 g/mol. The molecule has 0 unspecified atom stereocenters. The maximum absolute atomic E-state index is 11.2. The largest absolute Gasteiger partial charge is 0.326 e. The van der Waals surface area contributed by atoms with Crippen molar-refractivity contribution in [3.8, 4) is 0 Å². The van der Waals surface area contributed by atoms with Crippen LogP contribution in [-0.2, 0) is 11.2 Å². The van der Waals surface area contributed by atoms with Crippen LogP contribution in [0, 0.1) is 13.8 Å². The van der Waals surface area contributed by atoms with Gasteiger partial charge < -0.3 is 5.32 Å². The molecule has 0 bridgehead atoms. The summed E-state index contributed by atoms with van der Waals surface area (Å²) in [7, 11) is 0. The standard InChI is InChI=1S/C11H13NO.H2/c1-7-5-8(2)11-9(6-7)3-4-10(13)12-11;/h5-6H,3-4H2,1-2H3,(H,12,13);1H. The van der Waals surface area contributed by atoms with Crippen LogP contribution in [0.15, 0.2) is 12.1 Å². The number of carbonyl (C=O) groups excluding carboxylic acids is 1. The van der Waals surface area contributed by atoms with Crippen molar-refractivity contribution in [2.45, 2.75) is 26.7 Å². The van der Waals surface area contributed by atoms with Crippen molar-refractivity contribution in [3.05, 3.63) is 28.8 Å². The van der Waals surface area contributed by atoms with Crippen molar-refractivity contribution in [2.75, 3.05) is 5.32 Å². The van der Waals surface area contributed by atoms with E-state index in [1.54, 1.807) is 0 Å². The van der Waals surface area contributed by atoms with Crippen molar-refractivity contribution >= 4 is 11.6 Å². The molecule has 0 saturated heterocycles. The number of benzene rings is 1.